The average Bonchev–Trinajstić information content (AvgIpc) is 2.94. The third-order valence-corrected chi connectivity index (χ3v) is 3.30. The maximum absolute atomic E-state index is 11.9. The molecule has 1 atom stereocenters. The van der Waals surface area contributed by atoms with Crippen molar-refractivity contribution in [1.29, 1.82) is 0 Å². The van der Waals surface area contributed by atoms with Gasteiger partial charge in [0, 0.05) is 10.6 Å². The van der Waals surface area contributed by atoms with Crippen LogP contribution in [0.15, 0.2) is 34.9 Å². The number of halogens is 1. The maximum Gasteiger partial charge on any atom is 0.290 e. The van der Waals surface area contributed by atoms with Gasteiger partial charge >= 0.3 is 0 Å². The summed E-state index contributed by atoms with van der Waals surface area (Å²) < 4.78 is 9.64. The molecular formula is C14H15ClN2O4. The highest BCUT2D eigenvalue weighted by Crippen LogP contribution is 2.27. The smallest absolute Gasteiger partial charge is 0.290 e. The number of amides is 1. The molecule has 112 valence electrons. The molecule has 21 heavy (non-hydrogen) atoms. The zero-order valence-corrected chi connectivity index (χ0v) is 12.3. The Labute approximate surface area is 126 Å². The van der Waals surface area contributed by atoms with Crippen molar-refractivity contribution in [2.45, 2.75) is 12.5 Å². The van der Waals surface area contributed by atoms with Crippen LogP contribution in [-0.4, -0.2) is 29.8 Å². The Morgan fingerprint density at radius 1 is 1.52 bits per heavy atom. The Hall–Kier alpha value is -2.05. The molecule has 0 aliphatic carbocycles. The van der Waals surface area contributed by atoms with E-state index in [0.717, 1.165) is 0 Å². The van der Waals surface area contributed by atoms with Gasteiger partial charge in [-0.3, -0.25) is 4.79 Å². The predicted molar refractivity (Wildman–Crippen MR) is 76.4 cm³/mol. The number of benzene rings is 1. The van der Waals surface area contributed by atoms with Gasteiger partial charge in [0.15, 0.2) is 0 Å². The first-order chi connectivity index (χ1) is 9.94. The SMILES string of the molecule is COc1cc(C(=O)NC[C@@](C)(O)c2ccccc2Cl)on1. The van der Waals surface area contributed by atoms with E-state index in [9.17, 15) is 9.90 Å². The number of ether oxygens (including phenoxy) is 1. The minimum Gasteiger partial charge on any atom is -0.479 e. The molecule has 0 fully saturated rings. The van der Waals surface area contributed by atoms with E-state index in [1.165, 1.54) is 13.2 Å². The number of nitrogens with one attached hydrogen (secondary N) is 1. The van der Waals surface area contributed by atoms with E-state index in [2.05, 4.69) is 10.5 Å². The normalized spacial score (nSPS) is 13.5. The van der Waals surface area contributed by atoms with Crippen LogP contribution in [0.2, 0.25) is 5.02 Å². The Bertz CT molecular complexity index is 639. The molecule has 0 aliphatic rings. The highest BCUT2D eigenvalue weighted by Gasteiger charge is 2.27. The van der Waals surface area contributed by atoms with Gasteiger partial charge in [-0.2, -0.15) is 0 Å². The number of hydrogen-bond acceptors (Lipinski definition) is 5. The van der Waals surface area contributed by atoms with Gasteiger partial charge in [0.05, 0.1) is 19.7 Å². The summed E-state index contributed by atoms with van der Waals surface area (Å²) in [5, 5.41) is 17.0. The van der Waals surface area contributed by atoms with Crippen LogP contribution in [0.3, 0.4) is 0 Å². The molecule has 2 N–H and O–H groups in total. The minimum absolute atomic E-state index is 0.00167. The molecule has 2 rings (SSSR count). The number of carbonyl (C=O) groups excluding carboxylic acids is 1. The summed E-state index contributed by atoms with van der Waals surface area (Å²) in [4.78, 5) is 11.9. The highest BCUT2D eigenvalue weighted by atomic mass is 35.5. The lowest BCUT2D eigenvalue weighted by Gasteiger charge is -2.24. The van der Waals surface area contributed by atoms with Crippen LogP contribution in [-0.2, 0) is 5.60 Å². The monoisotopic (exact) mass is 310 g/mol. The molecule has 1 aromatic carbocycles. The van der Waals surface area contributed by atoms with Gasteiger partial charge in [-0.15, -0.1) is 0 Å². The lowest BCUT2D eigenvalue weighted by molar-refractivity contribution is 0.0517. The van der Waals surface area contributed by atoms with Crippen LogP contribution in [0.4, 0.5) is 0 Å². The second-order valence-corrected chi connectivity index (χ2v) is 5.08. The summed E-state index contributed by atoms with van der Waals surface area (Å²) in [6, 6.07) is 8.26. The number of aromatic nitrogens is 1. The third kappa shape index (κ3) is 3.53. The van der Waals surface area contributed by atoms with Crippen LogP contribution in [0.1, 0.15) is 23.0 Å². The molecule has 1 heterocycles. The number of nitrogens with zero attached hydrogens (tertiary/aromatic N) is 1. The van der Waals surface area contributed by atoms with Crippen molar-refractivity contribution >= 4 is 17.5 Å². The molecule has 0 unspecified atom stereocenters. The van der Waals surface area contributed by atoms with Crippen LogP contribution in [0.25, 0.3) is 0 Å². The molecule has 0 radical (unpaired) electrons. The standard InChI is InChI=1S/C14H15ClN2O4/c1-14(19,9-5-3-4-6-10(9)15)8-16-13(18)11-7-12(20-2)17-21-11/h3-7,19H,8H2,1-2H3,(H,16,18)/t14-/m1/s1. The quantitative estimate of drug-likeness (QED) is 0.882. The average molecular weight is 311 g/mol. The van der Waals surface area contributed by atoms with Gasteiger partial charge in [0.1, 0.15) is 5.60 Å². The summed E-state index contributed by atoms with van der Waals surface area (Å²) in [6.45, 7) is 1.54. The molecule has 1 amide bonds. The van der Waals surface area contributed by atoms with Crippen LogP contribution < -0.4 is 10.1 Å². The molecular weight excluding hydrogens is 296 g/mol. The van der Waals surface area contributed by atoms with Crippen molar-refractivity contribution in [1.82, 2.24) is 10.5 Å². The summed E-state index contributed by atoms with van der Waals surface area (Å²) in [7, 11) is 1.42. The van der Waals surface area contributed by atoms with Gasteiger partial charge in [-0.05, 0) is 18.1 Å². The first kappa shape index (κ1) is 15.3. The largest absolute Gasteiger partial charge is 0.479 e. The predicted octanol–water partition coefficient (Wildman–Crippen LogP) is 1.97. The summed E-state index contributed by atoms with van der Waals surface area (Å²) in [5.41, 5.74) is -0.778. The molecule has 6 nitrogen and oxygen atoms in total. The Kier molecular flexibility index (Phi) is 4.50. The van der Waals surface area contributed by atoms with E-state index in [-0.39, 0.29) is 18.2 Å². The van der Waals surface area contributed by atoms with E-state index in [1.54, 1.807) is 31.2 Å². The first-order valence-electron chi connectivity index (χ1n) is 6.20. The van der Waals surface area contributed by atoms with E-state index in [0.29, 0.717) is 10.6 Å². The van der Waals surface area contributed by atoms with Gasteiger partial charge in [-0.1, -0.05) is 29.8 Å². The first-order valence-corrected chi connectivity index (χ1v) is 6.58. The zero-order valence-electron chi connectivity index (χ0n) is 11.6. The third-order valence-electron chi connectivity index (χ3n) is 2.97. The molecule has 0 spiro atoms. The Balaban J connectivity index is 2.04. The van der Waals surface area contributed by atoms with Crippen molar-refractivity contribution in [3.8, 4) is 5.88 Å². The van der Waals surface area contributed by atoms with Gasteiger partial charge in [0.25, 0.3) is 11.8 Å². The topological polar surface area (TPSA) is 84.6 Å². The van der Waals surface area contributed by atoms with Crippen LogP contribution in [0.5, 0.6) is 5.88 Å². The van der Waals surface area contributed by atoms with Crippen molar-refractivity contribution in [3.05, 3.63) is 46.7 Å². The molecule has 2 aromatic rings. The van der Waals surface area contributed by atoms with Crippen molar-refractivity contribution in [3.63, 3.8) is 0 Å². The van der Waals surface area contributed by atoms with Gasteiger partial charge in [0.2, 0.25) is 5.76 Å². The van der Waals surface area contributed by atoms with E-state index in [4.69, 9.17) is 20.9 Å². The summed E-state index contributed by atoms with van der Waals surface area (Å²) in [5.74, 6) is -0.294. The highest BCUT2D eigenvalue weighted by molar-refractivity contribution is 6.31. The summed E-state index contributed by atoms with van der Waals surface area (Å²) >= 11 is 6.05. The number of methoxy groups -OCH3 is 1. The van der Waals surface area contributed by atoms with E-state index < -0.39 is 11.5 Å². The van der Waals surface area contributed by atoms with Gasteiger partial charge in [-0.25, -0.2) is 0 Å². The molecule has 0 aliphatic heterocycles. The second kappa shape index (κ2) is 6.15. The molecule has 7 heteroatoms. The second-order valence-electron chi connectivity index (χ2n) is 4.67. The maximum atomic E-state index is 11.9. The molecule has 0 saturated heterocycles. The summed E-state index contributed by atoms with van der Waals surface area (Å²) in [6.07, 6.45) is 0. The van der Waals surface area contributed by atoms with Crippen molar-refractivity contribution in [2.75, 3.05) is 13.7 Å². The van der Waals surface area contributed by atoms with Crippen molar-refractivity contribution < 1.29 is 19.2 Å². The lowest BCUT2D eigenvalue weighted by atomic mass is 9.96. The number of aliphatic hydroxyl groups is 1. The number of hydrogen-bond donors (Lipinski definition) is 2. The molecule has 0 saturated carbocycles. The van der Waals surface area contributed by atoms with E-state index >= 15 is 0 Å². The van der Waals surface area contributed by atoms with Crippen LogP contribution >= 0.6 is 11.6 Å². The van der Waals surface area contributed by atoms with E-state index in [1.807, 2.05) is 0 Å². The van der Waals surface area contributed by atoms with Crippen molar-refractivity contribution in [2.24, 2.45) is 0 Å². The van der Waals surface area contributed by atoms with Gasteiger partial charge < -0.3 is 19.7 Å². The molecule has 0 bridgehead atoms. The number of carbonyl (C=O) groups is 1. The zero-order chi connectivity index (χ0) is 15.5. The van der Waals surface area contributed by atoms with Crippen LogP contribution in [0, 0.1) is 0 Å². The fourth-order valence-electron chi connectivity index (χ4n) is 1.79. The number of rotatable bonds is 5. The fourth-order valence-corrected chi connectivity index (χ4v) is 2.13. The minimum atomic E-state index is -1.31. The molecule has 1 aromatic heterocycles. The fraction of sp³-hybridized carbons (Fsp3) is 0.286. The lowest BCUT2D eigenvalue weighted by Crippen LogP contribution is -2.38. The Morgan fingerprint density at radius 3 is 2.86 bits per heavy atom. The Morgan fingerprint density at radius 2 is 2.24 bits per heavy atom.